The molecular weight excluding hydrogens is 363 g/mol. The SMILES string of the molecule is O=C1C[C@H](c2ccc(Cl)c(Cl)c2)C2=C(O1)C(=O)c1ccccc1C2=O. The van der Waals surface area contributed by atoms with Gasteiger partial charge in [0.2, 0.25) is 5.78 Å². The molecule has 1 aliphatic carbocycles. The van der Waals surface area contributed by atoms with Gasteiger partial charge in [-0.3, -0.25) is 14.4 Å². The number of carbonyl (C=O) groups is 3. The minimum absolute atomic E-state index is 0.0437. The summed E-state index contributed by atoms with van der Waals surface area (Å²) >= 11 is 12.0. The highest BCUT2D eigenvalue weighted by molar-refractivity contribution is 6.42. The minimum Gasteiger partial charge on any atom is -0.422 e. The van der Waals surface area contributed by atoms with Crippen molar-refractivity contribution in [2.75, 3.05) is 0 Å². The predicted molar refractivity (Wildman–Crippen MR) is 92.0 cm³/mol. The van der Waals surface area contributed by atoms with Crippen LogP contribution in [0.4, 0.5) is 0 Å². The molecule has 0 saturated carbocycles. The summed E-state index contributed by atoms with van der Waals surface area (Å²) < 4.78 is 5.15. The summed E-state index contributed by atoms with van der Waals surface area (Å²) in [5, 5.41) is 0.685. The monoisotopic (exact) mass is 372 g/mol. The number of allylic oxidation sites excluding steroid dienone is 2. The molecule has 0 fully saturated rings. The fraction of sp³-hybridized carbons (Fsp3) is 0.105. The van der Waals surface area contributed by atoms with Gasteiger partial charge in [-0.05, 0) is 17.7 Å². The van der Waals surface area contributed by atoms with Crippen molar-refractivity contribution in [3.8, 4) is 0 Å². The number of benzene rings is 2. The first-order valence-corrected chi connectivity index (χ1v) is 8.31. The topological polar surface area (TPSA) is 60.4 Å². The number of Topliss-reactive ketones (excluding diaryl/α,β-unsaturated/α-hetero) is 2. The number of ketones is 2. The maximum absolute atomic E-state index is 13.0. The van der Waals surface area contributed by atoms with Crippen LogP contribution in [-0.4, -0.2) is 17.5 Å². The molecule has 4 nitrogen and oxygen atoms in total. The third kappa shape index (κ3) is 2.49. The number of fused-ring (bicyclic) bond motifs is 1. The second-order valence-corrected chi connectivity index (χ2v) is 6.67. The normalized spacial score (nSPS) is 19.4. The van der Waals surface area contributed by atoms with Crippen LogP contribution in [0.15, 0.2) is 53.8 Å². The highest BCUT2D eigenvalue weighted by Gasteiger charge is 2.42. The van der Waals surface area contributed by atoms with E-state index in [1.165, 1.54) is 0 Å². The lowest BCUT2D eigenvalue weighted by Crippen LogP contribution is -2.32. The zero-order chi connectivity index (χ0) is 17.7. The fourth-order valence-corrected chi connectivity index (χ4v) is 3.53. The Morgan fingerprint density at radius 2 is 1.56 bits per heavy atom. The van der Waals surface area contributed by atoms with E-state index in [9.17, 15) is 14.4 Å². The molecule has 4 rings (SSSR count). The Kier molecular flexibility index (Phi) is 3.74. The van der Waals surface area contributed by atoms with Gasteiger partial charge in [-0.1, -0.05) is 53.5 Å². The van der Waals surface area contributed by atoms with Gasteiger partial charge in [-0.2, -0.15) is 0 Å². The average molecular weight is 373 g/mol. The molecule has 1 aliphatic heterocycles. The van der Waals surface area contributed by atoms with Crippen molar-refractivity contribution < 1.29 is 19.1 Å². The van der Waals surface area contributed by atoms with E-state index < -0.39 is 17.7 Å². The molecule has 6 heteroatoms. The molecule has 25 heavy (non-hydrogen) atoms. The Balaban J connectivity index is 1.91. The third-order valence-corrected chi connectivity index (χ3v) is 5.13. The van der Waals surface area contributed by atoms with Crippen molar-refractivity contribution in [1.82, 2.24) is 0 Å². The fourth-order valence-electron chi connectivity index (χ4n) is 3.23. The zero-order valence-corrected chi connectivity index (χ0v) is 14.2. The lowest BCUT2D eigenvalue weighted by atomic mass is 9.77. The predicted octanol–water partition coefficient (Wildman–Crippen LogP) is 4.36. The van der Waals surface area contributed by atoms with E-state index in [0.29, 0.717) is 21.2 Å². The smallest absolute Gasteiger partial charge is 0.312 e. The van der Waals surface area contributed by atoms with E-state index in [-0.39, 0.29) is 29.1 Å². The molecule has 2 aromatic rings. The van der Waals surface area contributed by atoms with Crippen LogP contribution in [0, 0.1) is 0 Å². The lowest BCUT2D eigenvalue weighted by Gasteiger charge is -2.30. The van der Waals surface area contributed by atoms with Gasteiger partial charge < -0.3 is 4.74 Å². The van der Waals surface area contributed by atoms with Crippen LogP contribution in [0.2, 0.25) is 10.0 Å². The molecule has 0 radical (unpaired) electrons. The Hall–Kier alpha value is -2.43. The third-order valence-electron chi connectivity index (χ3n) is 4.39. The highest BCUT2D eigenvalue weighted by atomic mass is 35.5. The summed E-state index contributed by atoms with van der Waals surface area (Å²) in [6.07, 6.45) is -0.0437. The van der Waals surface area contributed by atoms with E-state index in [2.05, 4.69) is 0 Å². The molecule has 0 N–H and O–H groups in total. The van der Waals surface area contributed by atoms with Crippen LogP contribution >= 0.6 is 23.2 Å². The summed E-state index contributed by atoms with van der Waals surface area (Å²) in [6.45, 7) is 0. The molecule has 0 saturated heterocycles. The van der Waals surface area contributed by atoms with E-state index in [1.54, 1.807) is 42.5 Å². The number of ether oxygens (including phenoxy) is 1. The van der Waals surface area contributed by atoms with Crippen molar-refractivity contribution >= 4 is 40.7 Å². The van der Waals surface area contributed by atoms with Gasteiger partial charge in [0.1, 0.15) is 0 Å². The molecule has 0 amide bonds. The van der Waals surface area contributed by atoms with Crippen molar-refractivity contribution in [3.05, 3.63) is 80.5 Å². The minimum atomic E-state index is -0.601. The Labute approximate surface area is 153 Å². The first-order chi connectivity index (χ1) is 12.0. The van der Waals surface area contributed by atoms with Crippen LogP contribution in [0.5, 0.6) is 0 Å². The second-order valence-electron chi connectivity index (χ2n) is 5.85. The largest absolute Gasteiger partial charge is 0.422 e. The summed E-state index contributed by atoms with van der Waals surface area (Å²) in [5.41, 5.74) is 1.39. The zero-order valence-electron chi connectivity index (χ0n) is 12.7. The number of hydrogen-bond donors (Lipinski definition) is 0. The van der Waals surface area contributed by atoms with E-state index in [4.69, 9.17) is 27.9 Å². The van der Waals surface area contributed by atoms with E-state index >= 15 is 0 Å². The number of carbonyl (C=O) groups excluding carboxylic acids is 3. The molecule has 124 valence electrons. The summed E-state index contributed by atoms with van der Waals surface area (Å²) in [4.78, 5) is 37.7. The molecule has 1 heterocycles. The molecule has 0 aromatic heterocycles. The highest BCUT2D eigenvalue weighted by Crippen LogP contribution is 2.42. The van der Waals surface area contributed by atoms with Crippen molar-refractivity contribution in [2.24, 2.45) is 0 Å². The molecule has 1 atom stereocenters. The van der Waals surface area contributed by atoms with Gasteiger partial charge in [0, 0.05) is 17.0 Å². The Bertz CT molecular complexity index is 991. The quantitative estimate of drug-likeness (QED) is 0.697. The number of rotatable bonds is 1. The molecule has 0 unspecified atom stereocenters. The lowest BCUT2D eigenvalue weighted by molar-refractivity contribution is -0.140. The van der Waals surface area contributed by atoms with Gasteiger partial charge in [0.05, 0.1) is 22.0 Å². The molecule has 2 aliphatic rings. The molecule has 0 spiro atoms. The number of hydrogen-bond acceptors (Lipinski definition) is 4. The van der Waals surface area contributed by atoms with Gasteiger partial charge in [0.15, 0.2) is 11.5 Å². The van der Waals surface area contributed by atoms with Gasteiger partial charge in [-0.25, -0.2) is 0 Å². The molecular formula is C19H10Cl2O4. The number of esters is 1. The standard InChI is InChI=1S/C19H10Cl2O4/c20-13-6-5-9(7-14(13)21)12-8-15(22)25-19-16(12)17(23)10-3-1-2-4-11(10)18(19)24/h1-7,12H,8H2/t12-/m1/s1. The molecule has 0 bridgehead atoms. The van der Waals surface area contributed by atoms with Crippen LogP contribution in [0.1, 0.15) is 38.6 Å². The van der Waals surface area contributed by atoms with Crippen molar-refractivity contribution in [2.45, 2.75) is 12.3 Å². The van der Waals surface area contributed by atoms with Gasteiger partial charge in [0.25, 0.3) is 0 Å². The summed E-state index contributed by atoms with van der Waals surface area (Å²) in [6, 6.07) is 11.4. The van der Waals surface area contributed by atoms with Crippen LogP contribution in [0.3, 0.4) is 0 Å². The van der Waals surface area contributed by atoms with Crippen molar-refractivity contribution in [3.63, 3.8) is 0 Å². The maximum Gasteiger partial charge on any atom is 0.312 e. The van der Waals surface area contributed by atoms with E-state index in [1.807, 2.05) is 0 Å². The van der Waals surface area contributed by atoms with E-state index in [0.717, 1.165) is 0 Å². The maximum atomic E-state index is 13.0. The Morgan fingerprint density at radius 3 is 2.24 bits per heavy atom. The van der Waals surface area contributed by atoms with Gasteiger partial charge in [-0.15, -0.1) is 0 Å². The van der Waals surface area contributed by atoms with Gasteiger partial charge >= 0.3 is 5.97 Å². The van der Waals surface area contributed by atoms with Crippen LogP contribution < -0.4 is 0 Å². The van der Waals surface area contributed by atoms with Crippen LogP contribution in [-0.2, 0) is 9.53 Å². The first-order valence-electron chi connectivity index (χ1n) is 7.55. The summed E-state index contributed by atoms with van der Waals surface area (Å²) in [7, 11) is 0. The summed E-state index contributed by atoms with van der Waals surface area (Å²) in [5.74, 6) is -2.11. The molecule has 2 aromatic carbocycles. The van der Waals surface area contributed by atoms with Crippen LogP contribution in [0.25, 0.3) is 0 Å². The van der Waals surface area contributed by atoms with Crippen molar-refractivity contribution in [1.29, 1.82) is 0 Å². The Morgan fingerprint density at radius 1 is 0.880 bits per heavy atom. The average Bonchev–Trinajstić information content (AvgIpc) is 2.61. The first kappa shape index (κ1) is 16.1. The second kappa shape index (κ2) is 5.83. The number of halogens is 2.